The number of rotatable bonds is 8. The van der Waals surface area contributed by atoms with Gasteiger partial charge in [-0.25, -0.2) is 0 Å². The monoisotopic (exact) mass is 380 g/mol. The summed E-state index contributed by atoms with van der Waals surface area (Å²) in [7, 11) is 3.16. The van der Waals surface area contributed by atoms with Gasteiger partial charge in [0.1, 0.15) is 11.5 Å². The first-order chi connectivity index (χ1) is 12.6. The maximum absolute atomic E-state index is 12.3. The van der Waals surface area contributed by atoms with E-state index in [0.717, 1.165) is 32.4 Å². The van der Waals surface area contributed by atoms with Gasteiger partial charge in [-0.05, 0) is 43.6 Å². The van der Waals surface area contributed by atoms with Crippen LogP contribution in [0.4, 0.5) is 5.69 Å². The van der Waals surface area contributed by atoms with Crippen molar-refractivity contribution in [3.63, 3.8) is 0 Å². The summed E-state index contributed by atoms with van der Waals surface area (Å²) in [4.78, 5) is 26.1. The molecule has 0 atom stereocenters. The first kappa shape index (κ1) is 20.4. The number of likely N-dealkylation sites (tertiary alicyclic amines) is 1. The van der Waals surface area contributed by atoms with Crippen molar-refractivity contribution in [2.45, 2.75) is 25.7 Å². The first-order valence-corrected chi connectivity index (χ1v) is 10.2. The van der Waals surface area contributed by atoms with Crippen LogP contribution in [-0.2, 0) is 9.59 Å². The van der Waals surface area contributed by atoms with Crippen LogP contribution in [0.5, 0.6) is 11.5 Å². The molecule has 7 heteroatoms. The molecule has 0 aliphatic carbocycles. The smallest absolute Gasteiger partial charge is 0.232 e. The van der Waals surface area contributed by atoms with Crippen LogP contribution >= 0.6 is 11.8 Å². The molecule has 0 unspecified atom stereocenters. The standard InChI is InChI=1S/C19H28N2O4S/c1-24-15-5-6-16(17(12-15)25-2)20-18(22)7-4-14-8-10-21(11-9-14)19(23)13-26-3/h5-6,12,14H,4,7-11,13H2,1-3H3,(H,20,22). The molecule has 1 N–H and O–H groups in total. The van der Waals surface area contributed by atoms with Crippen LogP contribution in [0.2, 0.25) is 0 Å². The highest BCUT2D eigenvalue weighted by Gasteiger charge is 2.23. The molecule has 1 saturated heterocycles. The molecule has 26 heavy (non-hydrogen) atoms. The minimum atomic E-state index is -0.0191. The highest BCUT2D eigenvalue weighted by atomic mass is 32.2. The third kappa shape index (κ3) is 5.83. The minimum Gasteiger partial charge on any atom is -0.497 e. The lowest BCUT2D eigenvalue weighted by Gasteiger charge is -2.31. The van der Waals surface area contributed by atoms with Crippen molar-refractivity contribution in [2.75, 3.05) is 44.6 Å². The second-order valence-electron chi connectivity index (χ2n) is 6.41. The number of piperidine rings is 1. The molecule has 0 radical (unpaired) electrons. The third-order valence-electron chi connectivity index (χ3n) is 4.70. The van der Waals surface area contributed by atoms with Gasteiger partial charge < -0.3 is 19.7 Å². The molecule has 1 aliphatic heterocycles. The van der Waals surface area contributed by atoms with Gasteiger partial charge in [0, 0.05) is 25.6 Å². The third-order valence-corrected chi connectivity index (χ3v) is 5.23. The van der Waals surface area contributed by atoms with Crippen molar-refractivity contribution in [1.29, 1.82) is 0 Å². The zero-order valence-corrected chi connectivity index (χ0v) is 16.6. The highest BCUT2D eigenvalue weighted by molar-refractivity contribution is 7.99. The van der Waals surface area contributed by atoms with Crippen molar-refractivity contribution < 1.29 is 19.1 Å². The Morgan fingerprint density at radius 1 is 1.23 bits per heavy atom. The topological polar surface area (TPSA) is 67.9 Å². The Hall–Kier alpha value is -1.89. The number of carbonyl (C=O) groups is 2. The summed E-state index contributed by atoms with van der Waals surface area (Å²) >= 11 is 1.56. The first-order valence-electron chi connectivity index (χ1n) is 8.86. The number of hydrogen-bond donors (Lipinski definition) is 1. The molecule has 0 spiro atoms. The minimum absolute atomic E-state index is 0.0191. The second kappa shape index (κ2) is 10.3. The lowest BCUT2D eigenvalue weighted by molar-refractivity contribution is -0.130. The number of anilines is 1. The molecule has 6 nitrogen and oxygen atoms in total. The predicted octanol–water partition coefficient (Wildman–Crippen LogP) is 3.02. The van der Waals surface area contributed by atoms with Gasteiger partial charge >= 0.3 is 0 Å². The number of benzene rings is 1. The predicted molar refractivity (Wildman–Crippen MR) is 105 cm³/mol. The molecule has 2 amide bonds. The summed E-state index contributed by atoms with van der Waals surface area (Å²) in [6.07, 6.45) is 5.20. The maximum Gasteiger partial charge on any atom is 0.232 e. The van der Waals surface area contributed by atoms with Gasteiger partial charge in [0.15, 0.2) is 0 Å². The van der Waals surface area contributed by atoms with E-state index in [1.54, 1.807) is 44.2 Å². The van der Waals surface area contributed by atoms with Gasteiger partial charge in [0.05, 0.1) is 25.7 Å². The van der Waals surface area contributed by atoms with Crippen LogP contribution in [0, 0.1) is 5.92 Å². The Balaban J connectivity index is 1.77. The molecule has 1 fully saturated rings. The number of thioether (sulfide) groups is 1. The van der Waals surface area contributed by atoms with Crippen molar-refractivity contribution in [3.8, 4) is 11.5 Å². The number of carbonyl (C=O) groups excluding carboxylic acids is 2. The van der Waals surface area contributed by atoms with E-state index in [4.69, 9.17) is 9.47 Å². The number of nitrogens with zero attached hydrogens (tertiary/aromatic N) is 1. The van der Waals surface area contributed by atoms with Crippen molar-refractivity contribution >= 4 is 29.3 Å². The summed E-state index contributed by atoms with van der Waals surface area (Å²) in [5, 5.41) is 2.91. The van der Waals surface area contributed by atoms with Crippen LogP contribution in [0.3, 0.4) is 0 Å². The Bertz CT molecular complexity index is 616. The van der Waals surface area contributed by atoms with Crippen molar-refractivity contribution in [3.05, 3.63) is 18.2 Å². The van der Waals surface area contributed by atoms with Crippen LogP contribution in [-0.4, -0.2) is 56.0 Å². The molecule has 0 saturated carbocycles. The van der Waals surface area contributed by atoms with E-state index in [1.807, 2.05) is 11.2 Å². The molecule has 0 aromatic heterocycles. The summed E-state index contributed by atoms with van der Waals surface area (Å²) in [6, 6.07) is 5.32. The molecule has 1 heterocycles. The van der Waals surface area contributed by atoms with E-state index in [2.05, 4.69) is 5.32 Å². The number of ether oxygens (including phenoxy) is 2. The normalized spacial score (nSPS) is 14.8. The zero-order chi connectivity index (χ0) is 18.9. The summed E-state index contributed by atoms with van der Waals surface area (Å²) in [6.45, 7) is 1.61. The fourth-order valence-corrected chi connectivity index (χ4v) is 3.57. The second-order valence-corrected chi connectivity index (χ2v) is 7.28. The molecular weight excluding hydrogens is 352 g/mol. The molecule has 0 bridgehead atoms. The van der Waals surface area contributed by atoms with Crippen LogP contribution < -0.4 is 14.8 Å². The SMILES string of the molecule is COc1ccc(NC(=O)CCC2CCN(C(=O)CSC)CC2)c(OC)c1. The number of amides is 2. The average Bonchev–Trinajstić information content (AvgIpc) is 2.67. The van der Waals surface area contributed by atoms with Crippen molar-refractivity contribution in [2.24, 2.45) is 5.92 Å². The van der Waals surface area contributed by atoms with Gasteiger partial charge in [0.25, 0.3) is 0 Å². The Morgan fingerprint density at radius 3 is 2.58 bits per heavy atom. The van der Waals surface area contributed by atoms with Crippen molar-refractivity contribution in [1.82, 2.24) is 4.90 Å². The Labute approximate surface area is 159 Å². The van der Waals surface area contributed by atoms with Crippen LogP contribution in [0.25, 0.3) is 0 Å². The fraction of sp³-hybridized carbons (Fsp3) is 0.579. The summed E-state index contributed by atoms with van der Waals surface area (Å²) < 4.78 is 10.5. The van der Waals surface area contributed by atoms with Gasteiger partial charge in [-0.15, -0.1) is 0 Å². The van der Waals surface area contributed by atoms with E-state index in [0.29, 0.717) is 35.3 Å². The molecule has 144 valence electrons. The van der Waals surface area contributed by atoms with Gasteiger partial charge in [-0.3, -0.25) is 9.59 Å². The number of nitrogens with one attached hydrogen (secondary N) is 1. The Morgan fingerprint density at radius 2 is 1.96 bits per heavy atom. The van der Waals surface area contributed by atoms with Gasteiger partial charge in [0.2, 0.25) is 11.8 Å². The van der Waals surface area contributed by atoms with E-state index < -0.39 is 0 Å². The Kier molecular flexibility index (Phi) is 8.09. The molecular formula is C19H28N2O4S. The van der Waals surface area contributed by atoms with Gasteiger partial charge in [-0.1, -0.05) is 0 Å². The van der Waals surface area contributed by atoms with E-state index in [-0.39, 0.29) is 11.8 Å². The van der Waals surface area contributed by atoms with Crippen LogP contribution in [0.15, 0.2) is 18.2 Å². The lowest BCUT2D eigenvalue weighted by atomic mass is 9.92. The van der Waals surface area contributed by atoms with Crippen LogP contribution in [0.1, 0.15) is 25.7 Å². The fourth-order valence-electron chi connectivity index (χ4n) is 3.14. The zero-order valence-electron chi connectivity index (χ0n) is 15.7. The summed E-state index contributed by atoms with van der Waals surface area (Å²) in [5.74, 6) is 2.52. The van der Waals surface area contributed by atoms with E-state index >= 15 is 0 Å². The van der Waals surface area contributed by atoms with Gasteiger partial charge in [-0.2, -0.15) is 11.8 Å². The summed E-state index contributed by atoms with van der Waals surface area (Å²) in [5.41, 5.74) is 0.649. The molecule has 1 aromatic carbocycles. The number of methoxy groups -OCH3 is 2. The molecule has 1 aromatic rings. The largest absolute Gasteiger partial charge is 0.497 e. The maximum atomic E-state index is 12.3. The lowest BCUT2D eigenvalue weighted by Crippen LogP contribution is -2.39. The van der Waals surface area contributed by atoms with E-state index in [1.165, 1.54) is 0 Å². The quantitative estimate of drug-likeness (QED) is 0.751. The molecule has 2 rings (SSSR count). The number of hydrogen-bond acceptors (Lipinski definition) is 5. The highest BCUT2D eigenvalue weighted by Crippen LogP contribution is 2.29. The average molecular weight is 381 g/mol. The van der Waals surface area contributed by atoms with E-state index in [9.17, 15) is 9.59 Å². The molecule has 1 aliphatic rings.